The fourth-order valence-corrected chi connectivity index (χ4v) is 2.67. The standard InChI is InChI=1S/C9H17ClF3NO2S/c1-8(3-5-10)7-14-17(15,16)6-2-4-9(11,12)13/h8,14H,2-7H2,1H3. The van der Waals surface area contributed by atoms with Gasteiger partial charge in [0.15, 0.2) is 0 Å². The van der Waals surface area contributed by atoms with Gasteiger partial charge < -0.3 is 0 Å². The summed E-state index contributed by atoms with van der Waals surface area (Å²) in [5.74, 6) is 0.00163. The number of rotatable bonds is 8. The monoisotopic (exact) mass is 295 g/mol. The van der Waals surface area contributed by atoms with Gasteiger partial charge in [-0.3, -0.25) is 0 Å². The van der Waals surface area contributed by atoms with Crippen LogP contribution in [0.2, 0.25) is 0 Å². The van der Waals surface area contributed by atoms with Gasteiger partial charge in [-0.2, -0.15) is 13.2 Å². The molecule has 0 aromatic heterocycles. The molecule has 0 aromatic rings. The predicted octanol–water partition coefficient (Wildman–Crippen LogP) is 2.51. The maximum atomic E-state index is 11.8. The highest BCUT2D eigenvalue weighted by Gasteiger charge is 2.27. The Morgan fingerprint density at radius 2 is 1.94 bits per heavy atom. The highest BCUT2D eigenvalue weighted by molar-refractivity contribution is 7.89. The first-order chi connectivity index (χ1) is 7.66. The molecule has 1 unspecified atom stereocenters. The van der Waals surface area contributed by atoms with Gasteiger partial charge in [0.25, 0.3) is 0 Å². The smallest absolute Gasteiger partial charge is 0.215 e. The summed E-state index contributed by atoms with van der Waals surface area (Å²) in [5.41, 5.74) is 0. The van der Waals surface area contributed by atoms with Crippen molar-refractivity contribution in [2.45, 2.75) is 32.4 Å². The number of nitrogens with one attached hydrogen (secondary N) is 1. The molecule has 0 amide bonds. The first-order valence-electron chi connectivity index (χ1n) is 5.26. The van der Waals surface area contributed by atoms with Crippen LogP contribution in [0.4, 0.5) is 13.2 Å². The van der Waals surface area contributed by atoms with Gasteiger partial charge in [-0.15, -0.1) is 11.6 Å². The molecule has 0 saturated heterocycles. The molecular weight excluding hydrogens is 279 g/mol. The third-order valence-electron chi connectivity index (χ3n) is 2.13. The third-order valence-corrected chi connectivity index (χ3v) is 3.78. The van der Waals surface area contributed by atoms with E-state index in [2.05, 4.69) is 4.72 Å². The van der Waals surface area contributed by atoms with Gasteiger partial charge in [-0.25, -0.2) is 13.1 Å². The van der Waals surface area contributed by atoms with Gasteiger partial charge in [0.1, 0.15) is 0 Å². The summed E-state index contributed by atoms with van der Waals surface area (Å²) < 4.78 is 60.3. The highest BCUT2D eigenvalue weighted by Crippen LogP contribution is 2.21. The lowest BCUT2D eigenvalue weighted by Gasteiger charge is -2.12. The molecule has 1 atom stereocenters. The zero-order chi connectivity index (χ0) is 13.5. The minimum atomic E-state index is -4.30. The van der Waals surface area contributed by atoms with Crippen LogP contribution in [0, 0.1) is 5.92 Å². The van der Waals surface area contributed by atoms with E-state index in [1.54, 1.807) is 0 Å². The Morgan fingerprint density at radius 1 is 1.35 bits per heavy atom. The van der Waals surface area contributed by atoms with E-state index in [0.717, 1.165) is 0 Å². The number of halogens is 4. The summed E-state index contributed by atoms with van der Waals surface area (Å²) in [7, 11) is -3.61. The lowest BCUT2D eigenvalue weighted by Crippen LogP contribution is -2.31. The minimum Gasteiger partial charge on any atom is -0.215 e. The SMILES string of the molecule is CC(CCCl)CNS(=O)(=O)CCCC(F)(F)F. The van der Waals surface area contributed by atoms with E-state index in [1.807, 2.05) is 6.92 Å². The van der Waals surface area contributed by atoms with Gasteiger partial charge >= 0.3 is 6.18 Å². The first kappa shape index (κ1) is 17.0. The van der Waals surface area contributed by atoms with Crippen LogP contribution in [-0.4, -0.2) is 32.8 Å². The molecule has 0 aromatic carbocycles. The summed E-state index contributed by atoms with van der Waals surface area (Å²) in [5, 5.41) is 0. The lowest BCUT2D eigenvalue weighted by atomic mass is 10.1. The van der Waals surface area contributed by atoms with E-state index in [9.17, 15) is 21.6 Å². The molecule has 3 nitrogen and oxygen atoms in total. The molecule has 0 fully saturated rings. The average molecular weight is 296 g/mol. The van der Waals surface area contributed by atoms with E-state index < -0.39 is 34.8 Å². The van der Waals surface area contributed by atoms with Crippen LogP contribution >= 0.6 is 11.6 Å². The summed E-state index contributed by atoms with van der Waals surface area (Å²) in [6.45, 7) is 2.03. The normalized spacial score (nSPS) is 14.9. The number of alkyl halides is 4. The Bertz CT molecular complexity index is 306. The molecule has 104 valence electrons. The van der Waals surface area contributed by atoms with Crippen molar-refractivity contribution >= 4 is 21.6 Å². The van der Waals surface area contributed by atoms with Gasteiger partial charge in [0, 0.05) is 18.8 Å². The van der Waals surface area contributed by atoms with Gasteiger partial charge in [-0.1, -0.05) is 6.92 Å². The molecule has 0 bridgehead atoms. The van der Waals surface area contributed by atoms with Crippen LogP contribution < -0.4 is 4.72 Å². The van der Waals surface area contributed by atoms with Gasteiger partial charge in [0.2, 0.25) is 10.0 Å². The van der Waals surface area contributed by atoms with Crippen molar-refractivity contribution in [1.29, 1.82) is 0 Å². The van der Waals surface area contributed by atoms with Crippen molar-refractivity contribution in [3.63, 3.8) is 0 Å². The fraction of sp³-hybridized carbons (Fsp3) is 1.00. The van der Waals surface area contributed by atoms with Crippen LogP contribution in [0.5, 0.6) is 0 Å². The van der Waals surface area contributed by atoms with E-state index in [1.165, 1.54) is 0 Å². The average Bonchev–Trinajstić information content (AvgIpc) is 2.13. The topological polar surface area (TPSA) is 46.2 Å². The van der Waals surface area contributed by atoms with Crippen molar-refractivity contribution in [3.8, 4) is 0 Å². The Balaban J connectivity index is 3.89. The molecular formula is C9H17ClF3NO2S. The molecule has 0 rings (SSSR count). The Morgan fingerprint density at radius 3 is 2.41 bits per heavy atom. The Labute approximate surface area is 105 Å². The molecule has 8 heteroatoms. The summed E-state index contributed by atoms with van der Waals surface area (Å²) in [6.07, 6.45) is -5.14. The second kappa shape index (κ2) is 7.43. The van der Waals surface area contributed by atoms with Crippen molar-refractivity contribution in [2.75, 3.05) is 18.2 Å². The maximum absolute atomic E-state index is 11.8. The fourth-order valence-electron chi connectivity index (χ4n) is 1.09. The van der Waals surface area contributed by atoms with Crippen LogP contribution in [0.3, 0.4) is 0 Å². The van der Waals surface area contributed by atoms with Crippen LogP contribution in [-0.2, 0) is 10.0 Å². The molecule has 0 aliphatic heterocycles. The Kier molecular flexibility index (Phi) is 7.43. The second-order valence-corrected chi connectivity index (χ2v) is 6.27. The highest BCUT2D eigenvalue weighted by atomic mass is 35.5. The van der Waals surface area contributed by atoms with Crippen LogP contribution in [0.25, 0.3) is 0 Å². The Hall–Kier alpha value is -0.0100. The maximum Gasteiger partial charge on any atom is 0.389 e. The van der Waals surface area contributed by atoms with Gasteiger partial charge in [0.05, 0.1) is 5.75 Å². The molecule has 0 aliphatic rings. The molecule has 0 saturated carbocycles. The zero-order valence-electron chi connectivity index (χ0n) is 9.56. The van der Waals surface area contributed by atoms with Crippen molar-refractivity contribution in [2.24, 2.45) is 5.92 Å². The molecule has 1 N–H and O–H groups in total. The molecule has 0 heterocycles. The minimum absolute atomic E-state index is 0.0740. The van der Waals surface area contributed by atoms with Crippen molar-refractivity contribution in [3.05, 3.63) is 0 Å². The number of sulfonamides is 1. The summed E-state index contributed by atoms with van der Waals surface area (Å²) in [4.78, 5) is 0. The van der Waals surface area contributed by atoms with Crippen LogP contribution in [0.1, 0.15) is 26.2 Å². The van der Waals surface area contributed by atoms with E-state index >= 15 is 0 Å². The van der Waals surface area contributed by atoms with Crippen LogP contribution in [0.15, 0.2) is 0 Å². The molecule has 17 heavy (non-hydrogen) atoms. The summed E-state index contributed by atoms with van der Waals surface area (Å²) >= 11 is 5.48. The predicted molar refractivity (Wildman–Crippen MR) is 61.6 cm³/mol. The third kappa shape index (κ3) is 10.8. The molecule has 0 spiro atoms. The van der Waals surface area contributed by atoms with E-state index in [-0.39, 0.29) is 12.5 Å². The molecule has 0 radical (unpaired) electrons. The zero-order valence-corrected chi connectivity index (χ0v) is 11.1. The van der Waals surface area contributed by atoms with Crippen molar-refractivity contribution in [1.82, 2.24) is 4.72 Å². The van der Waals surface area contributed by atoms with E-state index in [0.29, 0.717) is 12.3 Å². The quantitative estimate of drug-likeness (QED) is 0.699. The van der Waals surface area contributed by atoms with Gasteiger partial charge in [-0.05, 0) is 18.8 Å². The van der Waals surface area contributed by atoms with Crippen molar-refractivity contribution < 1.29 is 21.6 Å². The summed E-state index contributed by atoms with van der Waals surface area (Å²) in [6, 6.07) is 0. The lowest BCUT2D eigenvalue weighted by molar-refractivity contribution is -0.134. The largest absolute Gasteiger partial charge is 0.389 e. The first-order valence-corrected chi connectivity index (χ1v) is 7.45. The van der Waals surface area contributed by atoms with E-state index in [4.69, 9.17) is 11.6 Å². The number of hydrogen-bond acceptors (Lipinski definition) is 2. The number of hydrogen-bond donors (Lipinski definition) is 1. The second-order valence-electron chi connectivity index (χ2n) is 3.97. The molecule has 0 aliphatic carbocycles.